The summed E-state index contributed by atoms with van der Waals surface area (Å²) in [7, 11) is 0. The van der Waals surface area contributed by atoms with E-state index in [1.165, 1.54) is 24.4 Å². The Balaban J connectivity index is 1.40. The molecule has 3 aliphatic heterocycles. The van der Waals surface area contributed by atoms with Gasteiger partial charge in [-0.15, -0.1) is 0 Å². The van der Waals surface area contributed by atoms with Crippen molar-refractivity contribution in [1.82, 2.24) is 14.6 Å². The fourth-order valence-electron chi connectivity index (χ4n) is 3.86. The Hall–Kier alpha value is -1.63. The number of hydrogen-bond donors (Lipinski definition) is 1. The summed E-state index contributed by atoms with van der Waals surface area (Å²) in [5.41, 5.74) is 0.646. The number of aromatic nitrogens is 1. The maximum absolute atomic E-state index is 12.6. The van der Waals surface area contributed by atoms with Crippen molar-refractivity contribution >= 4 is 29.0 Å². The molecule has 1 N–H and O–H groups in total. The Kier molecular flexibility index (Phi) is 4.67. The standard InChI is InChI=1S/C18H20ClN3O2S/c1-11-17(12-6-8-22(11)9-7-12)20-18(23)13-2-4-14(5-3-13)24-16-10-15(19)25-21-16/h2-5,10-12,17H,6-9H2,1H3,(H,20,23). The van der Waals surface area contributed by atoms with Crippen molar-refractivity contribution in [1.29, 1.82) is 0 Å². The highest BCUT2D eigenvalue weighted by Crippen LogP contribution is 2.32. The highest BCUT2D eigenvalue weighted by Gasteiger charge is 2.40. The molecule has 2 aromatic rings. The van der Waals surface area contributed by atoms with Crippen LogP contribution in [0, 0.1) is 5.92 Å². The van der Waals surface area contributed by atoms with Crippen LogP contribution in [0.4, 0.5) is 0 Å². The van der Waals surface area contributed by atoms with Gasteiger partial charge in [-0.3, -0.25) is 9.69 Å². The van der Waals surface area contributed by atoms with E-state index in [1.54, 1.807) is 30.3 Å². The van der Waals surface area contributed by atoms with E-state index in [9.17, 15) is 4.79 Å². The van der Waals surface area contributed by atoms with Crippen LogP contribution >= 0.6 is 23.1 Å². The predicted molar refractivity (Wildman–Crippen MR) is 98.7 cm³/mol. The van der Waals surface area contributed by atoms with Gasteiger partial charge in [0.2, 0.25) is 5.88 Å². The molecular formula is C18H20ClN3O2S. The molecule has 1 aromatic heterocycles. The zero-order valence-corrected chi connectivity index (χ0v) is 15.5. The smallest absolute Gasteiger partial charge is 0.251 e. The normalized spacial score (nSPS) is 27.9. The molecule has 5 rings (SSSR count). The Morgan fingerprint density at radius 1 is 1.32 bits per heavy atom. The third kappa shape index (κ3) is 3.52. The van der Waals surface area contributed by atoms with Crippen LogP contribution < -0.4 is 10.1 Å². The van der Waals surface area contributed by atoms with E-state index in [1.807, 2.05) is 0 Å². The van der Waals surface area contributed by atoms with Crippen LogP contribution in [-0.2, 0) is 0 Å². The summed E-state index contributed by atoms with van der Waals surface area (Å²) in [6, 6.07) is 9.44. The molecule has 0 radical (unpaired) electrons. The highest BCUT2D eigenvalue weighted by molar-refractivity contribution is 7.10. The molecule has 25 heavy (non-hydrogen) atoms. The van der Waals surface area contributed by atoms with Crippen molar-refractivity contribution in [3.8, 4) is 11.6 Å². The van der Waals surface area contributed by atoms with Gasteiger partial charge >= 0.3 is 0 Å². The number of piperidine rings is 3. The molecule has 2 unspecified atom stereocenters. The molecule has 3 fully saturated rings. The number of halogens is 1. The third-order valence-electron chi connectivity index (χ3n) is 5.27. The zero-order chi connectivity index (χ0) is 17.4. The number of fused-ring (bicyclic) bond motifs is 3. The fraction of sp³-hybridized carbons (Fsp3) is 0.444. The molecule has 1 aromatic carbocycles. The third-order valence-corrected chi connectivity index (χ3v) is 6.15. The number of rotatable bonds is 4. The van der Waals surface area contributed by atoms with E-state index < -0.39 is 0 Å². The van der Waals surface area contributed by atoms with E-state index in [0.29, 0.717) is 33.5 Å². The number of amides is 1. The van der Waals surface area contributed by atoms with Crippen LogP contribution in [0.5, 0.6) is 11.6 Å². The zero-order valence-electron chi connectivity index (χ0n) is 13.9. The molecule has 132 valence electrons. The highest BCUT2D eigenvalue weighted by atomic mass is 35.5. The average Bonchev–Trinajstić information content (AvgIpc) is 3.04. The van der Waals surface area contributed by atoms with E-state index in [4.69, 9.17) is 16.3 Å². The van der Waals surface area contributed by atoms with Gasteiger partial charge in [0.15, 0.2) is 0 Å². The van der Waals surface area contributed by atoms with Crippen molar-refractivity contribution in [3.05, 3.63) is 40.2 Å². The largest absolute Gasteiger partial charge is 0.438 e. The van der Waals surface area contributed by atoms with Crippen LogP contribution in [0.2, 0.25) is 4.34 Å². The van der Waals surface area contributed by atoms with Crippen molar-refractivity contribution in [3.63, 3.8) is 0 Å². The summed E-state index contributed by atoms with van der Waals surface area (Å²) in [5.74, 6) is 1.68. The molecule has 2 bridgehead atoms. The van der Waals surface area contributed by atoms with E-state index in [-0.39, 0.29) is 11.9 Å². The number of nitrogens with zero attached hydrogens (tertiary/aromatic N) is 2. The minimum atomic E-state index is -0.0196. The second kappa shape index (κ2) is 6.94. The summed E-state index contributed by atoms with van der Waals surface area (Å²) in [5, 5.41) is 3.24. The molecule has 0 aliphatic carbocycles. The van der Waals surface area contributed by atoms with Gasteiger partial charge in [-0.2, -0.15) is 4.37 Å². The number of benzene rings is 1. The first kappa shape index (κ1) is 16.8. The first-order valence-corrected chi connectivity index (χ1v) is 9.70. The molecule has 3 saturated heterocycles. The van der Waals surface area contributed by atoms with Crippen molar-refractivity contribution in [2.45, 2.75) is 31.8 Å². The lowest BCUT2D eigenvalue weighted by atomic mass is 9.79. The fourth-order valence-corrected chi connectivity index (χ4v) is 4.48. The Labute approximate surface area is 156 Å². The average molecular weight is 378 g/mol. The van der Waals surface area contributed by atoms with Crippen LogP contribution in [0.25, 0.3) is 0 Å². The molecule has 2 atom stereocenters. The van der Waals surface area contributed by atoms with Gasteiger partial charge in [0.1, 0.15) is 10.1 Å². The number of carbonyl (C=O) groups excluding carboxylic acids is 1. The summed E-state index contributed by atoms with van der Waals surface area (Å²) in [6.07, 6.45) is 2.36. The SMILES string of the molecule is CC1C(NC(=O)c2ccc(Oc3cc(Cl)sn3)cc2)C2CCN1CC2. The van der Waals surface area contributed by atoms with Gasteiger partial charge in [0.05, 0.1) is 0 Å². The van der Waals surface area contributed by atoms with Crippen LogP contribution in [0.3, 0.4) is 0 Å². The van der Waals surface area contributed by atoms with Gasteiger partial charge in [0, 0.05) is 23.7 Å². The molecular weight excluding hydrogens is 358 g/mol. The summed E-state index contributed by atoms with van der Waals surface area (Å²) in [6.45, 7) is 4.53. The molecule has 4 heterocycles. The second-order valence-corrected chi connectivity index (χ2v) is 8.15. The van der Waals surface area contributed by atoms with Crippen LogP contribution in [-0.4, -0.2) is 40.4 Å². The minimum absolute atomic E-state index is 0.0196. The lowest BCUT2D eigenvalue weighted by molar-refractivity contribution is 0.0217. The van der Waals surface area contributed by atoms with Gasteiger partial charge in [-0.25, -0.2) is 0 Å². The predicted octanol–water partition coefficient (Wildman–Crippen LogP) is 3.80. The van der Waals surface area contributed by atoms with Gasteiger partial charge < -0.3 is 10.1 Å². The topological polar surface area (TPSA) is 54.5 Å². The maximum atomic E-state index is 12.6. The number of ether oxygens (including phenoxy) is 1. The number of hydrogen-bond acceptors (Lipinski definition) is 5. The lowest BCUT2D eigenvalue weighted by Gasteiger charge is -2.49. The van der Waals surface area contributed by atoms with Gasteiger partial charge in [-0.1, -0.05) is 11.6 Å². The first-order chi connectivity index (χ1) is 12.1. The number of nitrogens with one attached hydrogen (secondary N) is 1. The van der Waals surface area contributed by atoms with E-state index in [2.05, 4.69) is 21.5 Å². The van der Waals surface area contributed by atoms with Crippen molar-refractivity contribution < 1.29 is 9.53 Å². The lowest BCUT2D eigenvalue weighted by Crippen LogP contribution is -2.62. The molecule has 1 amide bonds. The van der Waals surface area contributed by atoms with Crippen LogP contribution in [0.1, 0.15) is 30.1 Å². The molecule has 5 nitrogen and oxygen atoms in total. The number of carbonyl (C=O) groups is 1. The van der Waals surface area contributed by atoms with E-state index in [0.717, 1.165) is 13.1 Å². The summed E-state index contributed by atoms with van der Waals surface area (Å²) in [4.78, 5) is 15.1. The summed E-state index contributed by atoms with van der Waals surface area (Å²) < 4.78 is 10.3. The van der Waals surface area contributed by atoms with Crippen LogP contribution in [0.15, 0.2) is 30.3 Å². The molecule has 0 spiro atoms. The Morgan fingerprint density at radius 3 is 2.64 bits per heavy atom. The van der Waals surface area contributed by atoms with Gasteiger partial charge in [-0.05, 0) is 74.6 Å². The Morgan fingerprint density at radius 2 is 2.04 bits per heavy atom. The molecule has 7 heteroatoms. The van der Waals surface area contributed by atoms with Gasteiger partial charge in [0.25, 0.3) is 5.91 Å². The monoisotopic (exact) mass is 377 g/mol. The molecule has 0 saturated carbocycles. The minimum Gasteiger partial charge on any atom is -0.438 e. The first-order valence-electron chi connectivity index (χ1n) is 8.55. The summed E-state index contributed by atoms with van der Waals surface area (Å²) >= 11 is 7.02. The molecule has 3 aliphatic rings. The maximum Gasteiger partial charge on any atom is 0.251 e. The van der Waals surface area contributed by atoms with E-state index >= 15 is 0 Å². The van der Waals surface area contributed by atoms with Crippen molar-refractivity contribution in [2.75, 3.05) is 13.1 Å². The Bertz CT molecular complexity index is 754. The van der Waals surface area contributed by atoms with Crippen molar-refractivity contribution in [2.24, 2.45) is 5.92 Å². The quantitative estimate of drug-likeness (QED) is 0.880. The second-order valence-electron chi connectivity index (χ2n) is 6.71.